The second-order valence-corrected chi connectivity index (χ2v) is 7.30. The molecule has 1 aromatic heterocycles. The van der Waals surface area contributed by atoms with Crippen LogP contribution >= 0.6 is 11.3 Å². The van der Waals surface area contributed by atoms with E-state index in [0.717, 1.165) is 28.5 Å². The molecule has 1 heterocycles. The van der Waals surface area contributed by atoms with Crippen molar-refractivity contribution in [3.8, 4) is 17.0 Å². The highest BCUT2D eigenvalue weighted by Crippen LogP contribution is 2.29. The molecule has 0 radical (unpaired) electrons. The van der Waals surface area contributed by atoms with E-state index in [1.54, 1.807) is 7.11 Å². The Hall–Kier alpha value is -3.18. The molecular formula is C23H20N2O2S. The van der Waals surface area contributed by atoms with E-state index in [4.69, 9.17) is 4.74 Å². The summed E-state index contributed by atoms with van der Waals surface area (Å²) in [5, 5.41) is 7.44. The highest BCUT2D eigenvalue weighted by molar-refractivity contribution is 7.14. The largest absolute Gasteiger partial charge is 0.496 e. The zero-order chi connectivity index (χ0) is 19.5. The standard InChI is InChI=1S/C23H20N2O2S/c1-3-15-8-10-16(11-9-15)20-14-28-23(24-20)25-22(26)19-12-17-6-4-5-7-18(17)13-21(19)27-2/h4-14H,3H2,1-2H3,(H,24,25,26). The minimum Gasteiger partial charge on any atom is -0.496 e. The van der Waals surface area contributed by atoms with E-state index in [2.05, 4.69) is 41.5 Å². The summed E-state index contributed by atoms with van der Waals surface area (Å²) in [4.78, 5) is 17.4. The van der Waals surface area contributed by atoms with Crippen molar-refractivity contribution in [1.29, 1.82) is 0 Å². The number of anilines is 1. The monoisotopic (exact) mass is 388 g/mol. The fourth-order valence-electron chi connectivity index (χ4n) is 3.11. The third kappa shape index (κ3) is 3.62. The van der Waals surface area contributed by atoms with Crippen LogP contribution in [0.2, 0.25) is 0 Å². The van der Waals surface area contributed by atoms with E-state index in [0.29, 0.717) is 16.4 Å². The number of thiazole rings is 1. The topological polar surface area (TPSA) is 51.2 Å². The molecule has 1 amide bonds. The molecule has 3 aromatic carbocycles. The van der Waals surface area contributed by atoms with Gasteiger partial charge in [-0.15, -0.1) is 11.3 Å². The second kappa shape index (κ2) is 7.82. The molecule has 28 heavy (non-hydrogen) atoms. The Labute approximate surface area is 167 Å². The van der Waals surface area contributed by atoms with Crippen molar-refractivity contribution in [2.24, 2.45) is 0 Å². The molecule has 0 saturated heterocycles. The quantitative estimate of drug-likeness (QED) is 0.471. The zero-order valence-electron chi connectivity index (χ0n) is 15.7. The molecule has 0 fully saturated rings. The van der Waals surface area contributed by atoms with Crippen LogP contribution in [-0.2, 0) is 6.42 Å². The average molecular weight is 388 g/mol. The fourth-order valence-corrected chi connectivity index (χ4v) is 3.82. The van der Waals surface area contributed by atoms with Crippen molar-refractivity contribution < 1.29 is 9.53 Å². The van der Waals surface area contributed by atoms with Gasteiger partial charge >= 0.3 is 0 Å². The van der Waals surface area contributed by atoms with E-state index >= 15 is 0 Å². The fraction of sp³-hybridized carbons (Fsp3) is 0.130. The predicted molar refractivity (Wildman–Crippen MR) is 115 cm³/mol. The normalized spacial score (nSPS) is 10.8. The summed E-state index contributed by atoms with van der Waals surface area (Å²) >= 11 is 1.41. The summed E-state index contributed by atoms with van der Waals surface area (Å²) in [5.74, 6) is 0.313. The Morgan fingerprint density at radius 1 is 1.07 bits per heavy atom. The molecule has 0 saturated carbocycles. The molecule has 1 N–H and O–H groups in total. The number of methoxy groups -OCH3 is 1. The third-order valence-corrected chi connectivity index (χ3v) is 5.45. The molecule has 0 aliphatic carbocycles. The molecule has 0 spiro atoms. The minimum absolute atomic E-state index is 0.232. The number of hydrogen-bond donors (Lipinski definition) is 1. The summed E-state index contributed by atoms with van der Waals surface area (Å²) in [6.45, 7) is 2.13. The number of rotatable bonds is 5. The van der Waals surface area contributed by atoms with Crippen LogP contribution in [0.15, 0.2) is 66.0 Å². The molecule has 4 rings (SSSR count). The first-order valence-electron chi connectivity index (χ1n) is 9.11. The van der Waals surface area contributed by atoms with Crippen molar-refractivity contribution in [2.45, 2.75) is 13.3 Å². The van der Waals surface area contributed by atoms with E-state index in [1.165, 1.54) is 16.9 Å². The predicted octanol–water partition coefficient (Wildman–Crippen LogP) is 5.79. The Balaban J connectivity index is 1.58. The highest BCUT2D eigenvalue weighted by Gasteiger charge is 2.16. The van der Waals surface area contributed by atoms with Crippen LogP contribution in [0.5, 0.6) is 5.75 Å². The number of ether oxygens (including phenoxy) is 1. The zero-order valence-corrected chi connectivity index (χ0v) is 16.5. The van der Waals surface area contributed by atoms with Crippen molar-refractivity contribution in [3.05, 3.63) is 77.2 Å². The van der Waals surface area contributed by atoms with Gasteiger partial charge < -0.3 is 4.74 Å². The number of aromatic nitrogens is 1. The van der Waals surface area contributed by atoms with E-state index in [9.17, 15) is 4.79 Å². The van der Waals surface area contributed by atoms with Gasteiger partial charge in [0.05, 0.1) is 18.4 Å². The van der Waals surface area contributed by atoms with Gasteiger partial charge in [0.1, 0.15) is 5.75 Å². The van der Waals surface area contributed by atoms with Gasteiger partial charge in [0.25, 0.3) is 5.91 Å². The number of carbonyl (C=O) groups excluding carboxylic acids is 1. The Bertz CT molecular complexity index is 1130. The second-order valence-electron chi connectivity index (χ2n) is 6.44. The number of carbonyl (C=O) groups is 1. The average Bonchev–Trinajstić information content (AvgIpc) is 3.21. The molecule has 140 valence electrons. The van der Waals surface area contributed by atoms with Gasteiger partial charge in [-0.3, -0.25) is 10.1 Å². The van der Waals surface area contributed by atoms with Crippen LogP contribution in [0.1, 0.15) is 22.8 Å². The molecule has 5 heteroatoms. The molecule has 0 aliphatic rings. The summed E-state index contributed by atoms with van der Waals surface area (Å²) in [6, 6.07) is 20.0. The maximum Gasteiger partial charge on any atom is 0.261 e. The number of nitrogens with one attached hydrogen (secondary N) is 1. The van der Waals surface area contributed by atoms with Gasteiger partial charge in [-0.2, -0.15) is 0 Å². The maximum atomic E-state index is 12.8. The van der Waals surface area contributed by atoms with E-state index < -0.39 is 0 Å². The SMILES string of the molecule is CCc1ccc(-c2csc(NC(=O)c3cc4ccccc4cc3OC)n2)cc1. The Kier molecular flexibility index (Phi) is 5.08. The van der Waals surface area contributed by atoms with E-state index in [1.807, 2.05) is 41.8 Å². The lowest BCUT2D eigenvalue weighted by atomic mass is 10.1. The number of amides is 1. The third-order valence-electron chi connectivity index (χ3n) is 4.70. The first-order chi connectivity index (χ1) is 13.7. The summed E-state index contributed by atoms with van der Waals surface area (Å²) < 4.78 is 5.43. The molecule has 0 bridgehead atoms. The van der Waals surface area contributed by atoms with Gasteiger partial charge in [0.15, 0.2) is 5.13 Å². The number of nitrogens with zero attached hydrogens (tertiary/aromatic N) is 1. The van der Waals surface area contributed by atoms with Gasteiger partial charge in [-0.05, 0) is 34.9 Å². The summed E-state index contributed by atoms with van der Waals surface area (Å²) in [6.07, 6.45) is 1.01. The van der Waals surface area contributed by atoms with Gasteiger partial charge in [-0.1, -0.05) is 55.5 Å². The number of fused-ring (bicyclic) bond motifs is 1. The Morgan fingerprint density at radius 3 is 2.46 bits per heavy atom. The van der Waals surface area contributed by atoms with Crippen molar-refractivity contribution in [3.63, 3.8) is 0 Å². The first kappa shape index (κ1) is 18.2. The Morgan fingerprint density at radius 2 is 1.79 bits per heavy atom. The van der Waals surface area contributed by atoms with Crippen LogP contribution in [0.3, 0.4) is 0 Å². The van der Waals surface area contributed by atoms with Gasteiger partial charge in [0.2, 0.25) is 0 Å². The molecule has 0 unspecified atom stereocenters. The maximum absolute atomic E-state index is 12.8. The minimum atomic E-state index is -0.232. The molecule has 0 aliphatic heterocycles. The molecule has 0 atom stereocenters. The van der Waals surface area contributed by atoms with Gasteiger partial charge in [0, 0.05) is 10.9 Å². The molecular weight excluding hydrogens is 368 g/mol. The lowest BCUT2D eigenvalue weighted by molar-refractivity contribution is 0.102. The molecule has 4 nitrogen and oxygen atoms in total. The van der Waals surface area contributed by atoms with Crippen LogP contribution in [0, 0.1) is 0 Å². The van der Waals surface area contributed by atoms with Crippen molar-refractivity contribution >= 4 is 33.1 Å². The summed E-state index contributed by atoms with van der Waals surface area (Å²) in [7, 11) is 1.57. The van der Waals surface area contributed by atoms with Crippen LogP contribution in [-0.4, -0.2) is 18.0 Å². The van der Waals surface area contributed by atoms with Crippen LogP contribution in [0.4, 0.5) is 5.13 Å². The summed E-state index contributed by atoms with van der Waals surface area (Å²) in [5.41, 5.74) is 3.67. The van der Waals surface area contributed by atoms with Crippen molar-refractivity contribution in [2.75, 3.05) is 12.4 Å². The molecule has 4 aromatic rings. The number of aryl methyl sites for hydroxylation is 1. The lowest BCUT2D eigenvalue weighted by Gasteiger charge is -2.10. The first-order valence-corrected chi connectivity index (χ1v) is 9.99. The van der Waals surface area contributed by atoms with Crippen molar-refractivity contribution in [1.82, 2.24) is 4.98 Å². The lowest BCUT2D eigenvalue weighted by Crippen LogP contribution is -2.13. The van der Waals surface area contributed by atoms with E-state index in [-0.39, 0.29) is 5.91 Å². The smallest absolute Gasteiger partial charge is 0.261 e. The van der Waals surface area contributed by atoms with Crippen LogP contribution in [0.25, 0.3) is 22.0 Å². The number of benzene rings is 3. The van der Waals surface area contributed by atoms with Gasteiger partial charge in [-0.25, -0.2) is 4.98 Å². The van der Waals surface area contributed by atoms with Crippen LogP contribution < -0.4 is 10.1 Å². The highest BCUT2D eigenvalue weighted by atomic mass is 32.1. The number of hydrogen-bond acceptors (Lipinski definition) is 4.